The lowest BCUT2D eigenvalue weighted by atomic mass is 10.1. The first kappa shape index (κ1) is 13.5. The number of ketones is 1. The SMILES string of the molecule is CCC(C)C(=O)CSc1nnc(CO)n1C1CC1. The fraction of sp³-hybridized carbons (Fsp3) is 0.750. The summed E-state index contributed by atoms with van der Waals surface area (Å²) in [6.07, 6.45) is 3.09. The smallest absolute Gasteiger partial charge is 0.191 e. The van der Waals surface area contributed by atoms with Crippen molar-refractivity contribution in [3.63, 3.8) is 0 Å². The van der Waals surface area contributed by atoms with Gasteiger partial charge in [0.15, 0.2) is 11.0 Å². The molecule has 1 atom stereocenters. The highest BCUT2D eigenvalue weighted by atomic mass is 32.2. The van der Waals surface area contributed by atoms with E-state index in [1.54, 1.807) is 0 Å². The van der Waals surface area contributed by atoms with Crippen LogP contribution in [0, 0.1) is 5.92 Å². The van der Waals surface area contributed by atoms with Crippen molar-refractivity contribution < 1.29 is 9.90 Å². The van der Waals surface area contributed by atoms with Crippen molar-refractivity contribution in [1.29, 1.82) is 0 Å². The maximum absolute atomic E-state index is 11.8. The van der Waals surface area contributed by atoms with Crippen molar-refractivity contribution in [1.82, 2.24) is 14.8 Å². The first-order valence-corrected chi connectivity index (χ1v) is 7.36. The Morgan fingerprint density at radius 2 is 2.28 bits per heavy atom. The summed E-state index contributed by atoms with van der Waals surface area (Å²) >= 11 is 1.43. The molecule has 1 heterocycles. The molecule has 100 valence electrons. The number of rotatable bonds is 7. The molecule has 2 rings (SSSR count). The molecule has 0 saturated heterocycles. The third-order valence-corrected chi connectivity index (χ3v) is 4.26. The molecule has 0 spiro atoms. The Morgan fingerprint density at radius 3 is 2.83 bits per heavy atom. The van der Waals surface area contributed by atoms with Crippen molar-refractivity contribution in [2.24, 2.45) is 5.92 Å². The Hall–Kier alpha value is -0.880. The number of Topliss-reactive ketones (excluding diaryl/α,β-unsaturated/α-hetero) is 1. The van der Waals surface area contributed by atoms with E-state index in [-0.39, 0.29) is 18.3 Å². The number of thioether (sulfide) groups is 1. The molecule has 5 nitrogen and oxygen atoms in total. The highest BCUT2D eigenvalue weighted by molar-refractivity contribution is 7.99. The van der Waals surface area contributed by atoms with Crippen LogP contribution in [0.15, 0.2) is 5.16 Å². The number of carbonyl (C=O) groups is 1. The van der Waals surface area contributed by atoms with Gasteiger partial charge in [0.1, 0.15) is 12.4 Å². The summed E-state index contributed by atoms with van der Waals surface area (Å²) in [5.74, 6) is 1.40. The van der Waals surface area contributed by atoms with E-state index in [1.807, 2.05) is 18.4 Å². The summed E-state index contributed by atoms with van der Waals surface area (Å²) in [7, 11) is 0. The molecule has 0 bridgehead atoms. The lowest BCUT2D eigenvalue weighted by Gasteiger charge is -2.08. The normalized spacial score (nSPS) is 16.8. The Morgan fingerprint density at radius 1 is 1.56 bits per heavy atom. The van der Waals surface area contributed by atoms with Gasteiger partial charge in [0.05, 0.1) is 5.75 Å². The Labute approximate surface area is 111 Å². The van der Waals surface area contributed by atoms with Gasteiger partial charge in [-0.2, -0.15) is 0 Å². The van der Waals surface area contributed by atoms with Crippen molar-refractivity contribution in [3.8, 4) is 0 Å². The minimum atomic E-state index is -0.0939. The van der Waals surface area contributed by atoms with Crippen molar-refractivity contribution >= 4 is 17.5 Å². The van der Waals surface area contributed by atoms with Gasteiger partial charge in [-0.15, -0.1) is 10.2 Å². The van der Waals surface area contributed by atoms with Gasteiger partial charge in [-0.1, -0.05) is 25.6 Å². The maximum Gasteiger partial charge on any atom is 0.191 e. The van der Waals surface area contributed by atoms with Crippen LogP contribution in [0.3, 0.4) is 0 Å². The minimum Gasteiger partial charge on any atom is -0.388 e. The molecule has 6 heteroatoms. The van der Waals surface area contributed by atoms with Crippen LogP contribution >= 0.6 is 11.8 Å². The van der Waals surface area contributed by atoms with Gasteiger partial charge in [0, 0.05) is 12.0 Å². The molecular formula is C12H19N3O2S. The zero-order valence-corrected chi connectivity index (χ0v) is 11.6. The predicted molar refractivity (Wildman–Crippen MR) is 69.4 cm³/mol. The lowest BCUT2D eigenvalue weighted by molar-refractivity contribution is -0.119. The number of nitrogens with zero attached hydrogens (tertiary/aromatic N) is 3. The van der Waals surface area contributed by atoms with Crippen LogP contribution in [0.4, 0.5) is 0 Å². The number of aliphatic hydroxyl groups excluding tert-OH is 1. The van der Waals surface area contributed by atoms with E-state index in [0.717, 1.165) is 24.4 Å². The van der Waals surface area contributed by atoms with Crippen LogP contribution < -0.4 is 0 Å². The van der Waals surface area contributed by atoms with Crippen LogP contribution in [0.2, 0.25) is 0 Å². The van der Waals surface area contributed by atoms with Gasteiger partial charge in [-0.25, -0.2) is 0 Å². The second kappa shape index (κ2) is 5.84. The van der Waals surface area contributed by atoms with Crippen molar-refractivity contribution in [3.05, 3.63) is 5.82 Å². The molecule has 1 aromatic rings. The monoisotopic (exact) mass is 269 g/mol. The highest BCUT2D eigenvalue weighted by Crippen LogP contribution is 2.38. The molecule has 1 aliphatic rings. The summed E-state index contributed by atoms with van der Waals surface area (Å²) in [5, 5.41) is 18.0. The third-order valence-electron chi connectivity index (χ3n) is 3.29. The van der Waals surface area contributed by atoms with Crippen LogP contribution in [0.5, 0.6) is 0 Å². The van der Waals surface area contributed by atoms with Gasteiger partial charge < -0.3 is 9.67 Å². The van der Waals surface area contributed by atoms with Gasteiger partial charge in [-0.05, 0) is 19.3 Å². The predicted octanol–water partition coefficient (Wildman–Crippen LogP) is 1.81. The highest BCUT2D eigenvalue weighted by Gasteiger charge is 2.29. The van der Waals surface area contributed by atoms with Crippen LogP contribution in [0.25, 0.3) is 0 Å². The van der Waals surface area contributed by atoms with E-state index in [9.17, 15) is 9.90 Å². The van der Waals surface area contributed by atoms with E-state index in [1.165, 1.54) is 11.8 Å². The second-order valence-corrected chi connectivity index (χ2v) is 5.66. The van der Waals surface area contributed by atoms with Crippen molar-refractivity contribution in [2.45, 2.75) is 50.9 Å². The standard InChI is InChI=1S/C12H19N3O2S/c1-3-8(2)10(17)7-18-12-14-13-11(6-16)15(12)9-4-5-9/h8-9,16H,3-7H2,1-2H3. The molecule has 0 aromatic carbocycles. The number of aromatic nitrogens is 3. The first-order valence-electron chi connectivity index (χ1n) is 6.37. The summed E-state index contributed by atoms with van der Waals surface area (Å²) in [6, 6.07) is 0.420. The molecule has 0 amide bonds. The maximum atomic E-state index is 11.8. The number of aliphatic hydroxyl groups is 1. The van der Waals surface area contributed by atoms with E-state index >= 15 is 0 Å². The summed E-state index contributed by atoms with van der Waals surface area (Å²) in [6.45, 7) is 3.88. The van der Waals surface area contributed by atoms with Crippen LogP contribution in [-0.4, -0.2) is 31.4 Å². The molecule has 0 radical (unpaired) electrons. The van der Waals surface area contributed by atoms with Gasteiger partial charge in [-0.3, -0.25) is 4.79 Å². The second-order valence-electron chi connectivity index (χ2n) is 4.72. The topological polar surface area (TPSA) is 68.0 Å². The quantitative estimate of drug-likeness (QED) is 0.765. The molecule has 18 heavy (non-hydrogen) atoms. The third kappa shape index (κ3) is 2.92. The van der Waals surface area contributed by atoms with Gasteiger partial charge >= 0.3 is 0 Å². The van der Waals surface area contributed by atoms with Gasteiger partial charge in [0.25, 0.3) is 0 Å². The number of carbonyl (C=O) groups excluding carboxylic acids is 1. The average Bonchev–Trinajstić information content (AvgIpc) is 3.15. The summed E-state index contributed by atoms with van der Waals surface area (Å²) in [5.41, 5.74) is 0. The molecule has 1 unspecified atom stereocenters. The number of hydrogen-bond donors (Lipinski definition) is 1. The lowest BCUT2D eigenvalue weighted by Crippen LogP contribution is -2.13. The van der Waals surface area contributed by atoms with Crippen LogP contribution in [-0.2, 0) is 11.4 Å². The zero-order chi connectivity index (χ0) is 13.1. The molecule has 1 fully saturated rings. The van der Waals surface area contributed by atoms with Crippen LogP contribution in [0.1, 0.15) is 45.0 Å². The largest absolute Gasteiger partial charge is 0.388 e. The Bertz CT molecular complexity index is 429. The molecule has 1 aromatic heterocycles. The fourth-order valence-corrected chi connectivity index (χ4v) is 2.77. The Kier molecular flexibility index (Phi) is 4.40. The molecular weight excluding hydrogens is 250 g/mol. The molecule has 0 aliphatic heterocycles. The molecule has 1 saturated carbocycles. The first-order chi connectivity index (χ1) is 8.67. The van der Waals surface area contributed by atoms with E-state index in [0.29, 0.717) is 17.6 Å². The number of hydrogen-bond acceptors (Lipinski definition) is 5. The fourth-order valence-electron chi connectivity index (χ4n) is 1.72. The minimum absolute atomic E-state index is 0.0939. The van der Waals surface area contributed by atoms with Gasteiger partial charge in [0.2, 0.25) is 0 Å². The van der Waals surface area contributed by atoms with E-state index < -0.39 is 0 Å². The summed E-state index contributed by atoms with van der Waals surface area (Å²) < 4.78 is 1.98. The zero-order valence-electron chi connectivity index (χ0n) is 10.8. The van der Waals surface area contributed by atoms with Crippen molar-refractivity contribution in [2.75, 3.05) is 5.75 Å². The average molecular weight is 269 g/mol. The summed E-state index contributed by atoms with van der Waals surface area (Å²) in [4.78, 5) is 11.8. The van der Waals surface area contributed by atoms with E-state index in [4.69, 9.17) is 0 Å². The van der Waals surface area contributed by atoms with E-state index in [2.05, 4.69) is 10.2 Å². The molecule has 1 aliphatic carbocycles. The Balaban J connectivity index is 2.01. The molecule has 1 N–H and O–H groups in total.